The third-order valence-corrected chi connectivity index (χ3v) is 5.58. The first-order chi connectivity index (χ1) is 7.56. The Labute approximate surface area is 103 Å². The minimum absolute atomic E-state index is 0.660. The molecule has 1 aliphatic carbocycles. The van der Waals surface area contributed by atoms with Crippen LogP contribution in [0.3, 0.4) is 0 Å². The molecule has 4 atom stereocenters. The molecule has 4 unspecified atom stereocenters. The summed E-state index contributed by atoms with van der Waals surface area (Å²) in [5.41, 5.74) is 0.660. The predicted octanol–water partition coefficient (Wildman–Crippen LogP) is 5.67. The van der Waals surface area contributed by atoms with Gasteiger partial charge in [-0.2, -0.15) is 0 Å². The van der Waals surface area contributed by atoms with E-state index >= 15 is 0 Å². The van der Waals surface area contributed by atoms with E-state index in [1.807, 2.05) is 0 Å². The molecule has 0 aromatic heterocycles. The molecule has 0 N–H and O–H groups in total. The fourth-order valence-electron chi connectivity index (χ4n) is 3.58. The van der Waals surface area contributed by atoms with Gasteiger partial charge in [-0.15, -0.1) is 0 Å². The smallest absolute Gasteiger partial charge is 0.0272 e. The number of rotatable bonds is 7. The lowest BCUT2D eigenvalue weighted by Gasteiger charge is -2.52. The molecular weight excluding hydrogens is 192 g/mol. The Balaban J connectivity index is 2.55. The van der Waals surface area contributed by atoms with E-state index in [-0.39, 0.29) is 0 Å². The zero-order valence-electron chi connectivity index (χ0n) is 12.2. The molecular formula is C16H32. The monoisotopic (exact) mass is 224 g/mol. The molecule has 0 heterocycles. The summed E-state index contributed by atoms with van der Waals surface area (Å²) in [6.07, 6.45) is 10.0. The zero-order valence-corrected chi connectivity index (χ0v) is 12.2. The topological polar surface area (TPSA) is 0 Å². The lowest BCUT2D eigenvalue weighted by atomic mass is 9.53. The summed E-state index contributed by atoms with van der Waals surface area (Å²) in [4.78, 5) is 0. The molecule has 16 heavy (non-hydrogen) atoms. The van der Waals surface area contributed by atoms with Crippen LogP contribution in [0, 0.1) is 23.2 Å². The van der Waals surface area contributed by atoms with Gasteiger partial charge in [0.2, 0.25) is 0 Å². The maximum Gasteiger partial charge on any atom is -0.0272 e. The van der Waals surface area contributed by atoms with Crippen molar-refractivity contribution in [3.8, 4) is 0 Å². The molecule has 0 aromatic rings. The van der Waals surface area contributed by atoms with E-state index < -0.39 is 0 Å². The second-order valence-electron chi connectivity index (χ2n) is 6.43. The van der Waals surface area contributed by atoms with Crippen LogP contribution < -0.4 is 0 Å². The Bertz CT molecular complexity index is 196. The molecule has 0 bridgehead atoms. The molecule has 1 saturated carbocycles. The van der Waals surface area contributed by atoms with Crippen LogP contribution >= 0.6 is 0 Å². The maximum absolute atomic E-state index is 2.54. The van der Waals surface area contributed by atoms with Crippen LogP contribution in [0.2, 0.25) is 0 Å². The van der Waals surface area contributed by atoms with Crippen molar-refractivity contribution in [3.05, 3.63) is 0 Å². The van der Waals surface area contributed by atoms with Crippen molar-refractivity contribution < 1.29 is 0 Å². The molecule has 0 spiro atoms. The van der Waals surface area contributed by atoms with Crippen LogP contribution in [0.4, 0.5) is 0 Å². The Morgan fingerprint density at radius 2 is 1.88 bits per heavy atom. The van der Waals surface area contributed by atoms with E-state index in [2.05, 4.69) is 34.6 Å². The average molecular weight is 224 g/mol. The van der Waals surface area contributed by atoms with Crippen molar-refractivity contribution in [2.24, 2.45) is 23.2 Å². The van der Waals surface area contributed by atoms with Gasteiger partial charge in [0.15, 0.2) is 0 Å². The minimum Gasteiger partial charge on any atom is -0.0654 e. The summed E-state index contributed by atoms with van der Waals surface area (Å²) in [7, 11) is 0. The molecule has 1 fully saturated rings. The summed E-state index contributed by atoms with van der Waals surface area (Å²) in [6.45, 7) is 12.2. The lowest BCUT2D eigenvalue weighted by Crippen LogP contribution is -2.44. The fraction of sp³-hybridized carbons (Fsp3) is 1.00. The second-order valence-corrected chi connectivity index (χ2v) is 6.43. The Morgan fingerprint density at radius 3 is 2.25 bits per heavy atom. The van der Waals surface area contributed by atoms with Gasteiger partial charge in [0.05, 0.1) is 0 Å². The third kappa shape index (κ3) is 2.81. The first-order valence-electron chi connectivity index (χ1n) is 7.56. The van der Waals surface area contributed by atoms with E-state index in [1.165, 1.54) is 44.9 Å². The molecule has 0 heteroatoms. The van der Waals surface area contributed by atoms with E-state index in [9.17, 15) is 0 Å². The van der Waals surface area contributed by atoms with Gasteiger partial charge in [-0.3, -0.25) is 0 Å². The van der Waals surface area contributed by atoms with Crippen molar-refractivity contribution in [1.82, 2.24) is 0 Å². The minimum atomic E-state index is 0.660. The van der Waals surface area contributed by atoms with Gasteiger partial charge in [0.1, 0.15) is 0 Å². The van der Waals surface area contributed by atoms with Crippen molar-refractivity contribution in [2.45, 2.75) is 79.6 Å². The van der Waals surface area contributed by atoms with Crippen LogP contribution in [0.1, 0.15) is 79.6 Å². The Hall–Kier alpha value is 0. The van der Waals surface area contributed by atoms with Crippen LogP contribution in [0.25, 0.3) is 0 Å². The fourth-order valence-corrected chi connectivity index (χ4v) is 3.58. The Morgan fingerprint density at radius 1 is 1.19 bits per heavy atom. The predicted molar refractivity (Wildman–Crippen MR) is 73.6 cm³/mol. The Kier molecular flexibility index (Phi) is 5.34. The second kappa shape index (κ2) is 6.07. The lowest BCUT2D eigenvalue weighted by molar-refractivity contribution is -0.0261. The van der Waals surface area contributed by atoms with Gasteiger partial charge in [0, 0.05) is 0 Å². The molecule has 0 aromatic carbocycles. The van der Waals surface area contributed by atoms with Gasteiger partial charge in [-0.1, -0.05) is 66.7 Å². The highest BCUT2D eigenvalue weighted by Gasteiger charge is 2.45. The molecule has 0 nitrogen and oxygen atoms in total. The van der Waals surface area contributed by atoms with Gasteiger partial charge in [-0.25, -0.2) is 0 Å². The van der Waals surface area contributed by atoms with Crippen molar-refractivity contribution in [3.63, 3.8) is 0 Å². The van der Waals surface area contributed by atoms with Crippen LogP contribution in [-0.4, -0.2) is 0 Å². The largest absolute Gasteiger partial charge is 0.0654 e. The highest BCUT2D eigenvalue weighted by atomic mass is 14.5. The summed E-state index contributed by atoms with van der Waals surface area (Å²) < 4.78 is 0. The van der Waals surface area contributed by atoms with Crippen molar-refractivity contribution >= 4 is 0 Å². The first-order valence-corrected chi connectivity index (χ1v) is 7.56. The van der Waals surface area contributed by atoms with E-state index in [0.29, 0.717) is 5.41 Å². The molecule has 1 rings (SSSR count). The van der Waals surface area contributed by atoms with Crippen LogP contribution in [0.5, 0.6) is 0 Å². The van der Waals surface area contributed by atoms with Gasteiger partial charge in [-0.05, 0) is 36.0 Å². The summed E-state index contributed by atoms with van der Waals surface area (Å²) in [5.74, 6) is 2.88. The number of hydrogen-bond donors (Lipinski definition) is 0. The SMILES string of the molecule is CCCCC(CCC)C(C)C1(C)CCC1C. The highest BCUT2D eigenvalue weighted by molar-refractivity contribution is 4.95. The number of unbranched alkanes of at least 4 members (excludes halogenated alkanes) is 1. The standard InChI is InChI=1S/C16H32/c1-6-8-10-15(9-7-2)14(4)16(5)12-11-13(16)3/h13-15H,6-12H2,1-5H3. The van der Waals surface area contributed by atoms with Crippen LogP contribution in [-0.2, 0) is 0 Å². The highest BCUT2D eigenvalue weighted by Crippen LogP contribution is 2.54. The van der Waals surface area contributed by atoms with E-state index in [1.54, 1.807) is 0 Å². The molecule has 96 valence electrons. The van der Waals surface area contributed by atoms with Gasteiger partial charge in [0.25, 0.3) is 0 Å². The molecule has 0 amide bonds. The van der Waals surface area contributed by atoms with E-state index in [0.717, 1.165) is 17.8 Å². The van der Waals surface area contributed by atoms with Crippen molar-refractivity contribution in [2.75, 3.05) is 0 Å². The molecule has 1 aliphatic rings. The summed E-state index contributed by atoms with van der Waals surface area (Å²) >= 11 is 0. The normalized spacial score (nSPS) is 33.2. The molecule has 0 aliphatic heterocycles. The third-order valence-electron chi connectivity index (χ3n) is 5.58. The first kappa shape index (κ1) is 14.1. The molecule has 0 radical (unpaired) electrons. The number of hydrogen-bond acceptors (Lipinski definition) is 0. The summed E-state index contributed by atoms with van der Waals surface area (Å²) in [5, 5.41) is 0. The van der Waals surface area contributed by atoms with Gasteiger partial charge < -0.3 is 0 Å². The maximum atomic E-state index is 2.54. The van der Waals surface area contributed by atoms with Gasteiger partial charge >= 0.3 is 0 Å². The zero-order chi connectivity index (χ0) is 12.2. The van der Waals surface area contributed by atoms with Crippen LogP contribution in [0.15, 0.2) is 0 Å². The molecule has 0 saturated heterocycles. The van der Waals surface area contributed by atoms with Crippen molar-refractivity contribution in [1.29, 1.82) is 0 Å². The summed E-state index contributed by atoms with van der Waals surface area (Å²) in [6, 6.07) is 0. The van der Waals surface area contributed by atoms with E-state index in [4.69, 9.17) is 0 Å². The quantitative estimate of drug-likeness (QED) is 0.523. The average Bonchev–Trinajstić information content (AvgIpc) is 2.30.